The van der Waals surface area contributed by atoms with Crippen molar-refractivity contribution < 1.29 is 20.1 Å². The van der Waals surface area contributed by atoms with E-state index in [1.54, 1.807) is 0 Å². The van der Waals surface area contributed by atoms with Gasteiger partial charge in [0.1, 0.15) is 5.60 Å². The first kappa shape index (κ1) is 58.6. The maximum Gasteiger partial charge on any atom is 0.167 e. The zero-order valence-corrected chi connectivity index (χ0v) is 40.9. The summed E-state index contributed by atoms with van der Waals surface area (Å²) in [4.78, 5) is 13.8. The Bertz CT molecular complexity index is 830. The van der Waals surface area contributed by atoms with Gasteiger partial charge in [0.15, 0.2) is 11.4 Å². The van der Waals surface area contributed by atoms with Crippen molar-refractivity contribution in [2.45, 2.75) is 340 Å². The molecular weight excluding hydrogens is 725 g/mol. The maximum atomic E-state index is 13.8. The normalized spacial score (nSPS) is 13.9. The third kappa shape index (κ3) is 35.7. The van der Waals surface area contributed by atoms with E-state index < -0.39 is 17.8 Å². The van der Waals surface area contributed by atoms with Crippen molar-refractivity contribution in [2.24, 2.45) is 0 Å². The van der Waals surface area contributed by atoms with Crippen molar-refractivity contribution in [1.29, 1.82) is 0 Å². The average Bonchev–Trinajstić information content (AvgIpc) is 3.24. The molecule has 354 valence electrons. The van der Waals surface area contributed by atoms with Crippen LogP contribution in [-0.4, -0.2) is 38.9 Å². The predicted molar refractivity (Wildman–Crippen MR) is 261 cm³/mol. The van der Waals surface area contributed by atoms with E-state index >= 15 is 0 Å². The summed E-state index contributed by atoms with van der Waals surface area (Å²) >= 11 is 0. The fourth-order valence-corrected chi connectivity index (χ4v) is 9.45. The van der Waals surface area contributed by atoms with Crippen LogP contribution in [0.3, 0.4) is 0 Å². The molecule has 0 heterocycles. The molecule has 59 heavy (non-hydrogen) atoms. The van der Waals surface area contributed by atoms with Gasteiger partial charge in [-0.1, -0.05) is 303 Å². The summed E-state index contributed by atoms with van der Waals surface area (Å²) in [6, 6.07) is 0. The number of unbranched alkanes of at least 4 members (excludes halogenated alkanes) is 42. The van der Waals surface area contributed by atoms with Crippen LogP contribution >= 0.6 is 0 Å². The van der Waals surface area contributed by atoms with Gasteiger partial charge in [-0.15, -0.1) is 0 Å². The van der Waals surface area contributed by atoms with E-state index in [0.29, 0.717) is 12.8 Å². The summed E-state index contributed by atoms with van der Waals surface area (Å²) in [6.07, 6.45) is 58.0. The molecule has 0 saturated heterocycles. The fourth-order valence-electron chi connectivity index (χ4n) is 9.45. The lowest BCUT2D eigenvalue weighted by Gasteiger charge is -2.42. The minimum atomic E-state index is -1.86. The lowest BCUT2D eigenvalue weighted by Crippen LogP contribution is -2.61. The quantitative estimate of drug-likeness (QED) is 0.0534. The van der Waals surface area contributed by atoms with Crippen LogP contribution in [0.15, 0.2) is 0 Å². The first-order valence-corrected chi connectivity index (χ1v) is 27.5. The van der Waals surface area contributed by atoms with Gasteiger partial charge in [0.2, 0.25) is 0 Å². The second kappa shape index (κ2) is 45.6. The molecule has 2 unspecified atom stereocenters. The highest BCUT2D eigenvalue weighted by molar-refractivity contribution is 5.88. The third-order valence-corrected chi connectivity index (χ3v) is 13.8. The van der Waals surface area contributed by atoms with E-state index in [1.165, 1.54) is 231 Å². The molecule has 0 radical (unpaired) electrons. The number of rotatable bonds is 51. The molecule has 0 aliphatic heterocycles. The van der Waals surface area contributed by atoms with E-state index in [-0.39, 0.29) is 12.2 Å². The predicted octanol–water partition coefficient (Wildman–Crippen LogP) is 17.8. The van der Waals surface area contributed by atoms with Crippen molar-refractivity contribution in [2.75, 3.05) is 6.61 Å². The van der Waals surface area contributed by atoms with Gasteiger partial charge >= 0.3 is 0 Å². The summed E-state index contributed by atoms with van der Waals surface area (Å²) < 4.78 is 0. The molecular formula is C55H110O4. The van der Waals surface area contributed by atoms with Gasteiger partial charge in [0.05, 0.1) is 6.61 Å². The fraction of sp³-hybridized carbons (Fsp3) is 0.982. The van der Waals surface area contributed by atoms with Crippen molar-refractivity contribution in [1.82, 2.24) is 0 Å². The lowest BCUT2D eigenvalue weighted by molar-refractivity contribution is -0.190. The Hall–Kier alpha value is -0.450. The second-order valence-corrected chi connectivity index (χ2v) is 19.6. The first-order chi connectivity index (χ1) is 28.9. The Morgan fingerprint density at radius 2 is 0.508 bits per heavy atom. The third-order valence-electron chi connectivity index (χ3n) is 13.8. The molecule has 4 nitrogen and oxygen atoms in total. The summed E-state index contributed by atoms with van der Waals surface area (Å²) in [6.45, 7) is 6.29. The Morgan fingerprint density at radius 1 is 0.305 bits per heavy atom. The van der Waals surface area contributed by atoms with Gasteiger partial charge in [-0.2, -0.15) is 0 Å². The van der Waals surface area contributed by atoms with Gasteiger partial charge in [-0.25, -0.2) is 0 Å². The van der Waals surface area contributed by atoms with Crippen LogP contribution in [0, 0.1) is 0 Å². The molecule has 0 amide bonds. The van der Waals surface area contributed by atoms with E-state index in [9.17, 15) is 20.1 Å². The van der Waals surface area contributed by atoms with Crippen LogP contribution < -0.4 is 0 Å². The molecule has 0 fully saturated rings. The van der Waals surface area contributed by atoms with Crippen LogP contribution in [0.4, 0.5) is 0 Å². The number of carbonyl (C=O) groups is 1. The zero-order valence-electron chi connectivity index (χ0n) is 40.9. The maximum absolute atomic E-state index is 13.8. The van der Waals surface area contributed by atoms with Crippen LogP contribution in [0.2, 0.25) is 0 Å². The minimum Gasteiger partial charge on any atom is -0.393 e. The Kier molecular flexibility index (Phi) is 45.2. The molecule has 0 aliphatic carbocycles. The summed E-state index contributed by atoms with van der Waals surface area (Å²) in [7, 11) is 0. The molecule has 0 saturated carbocycles. The number of carbonyl (C=O) groups excluding carboxylic acids is 1. The van der Waals surface area contributed by atoms with Gasteiger partial charge in [0, 0.05) is 6.42 Å². The molecule has 0 aromatic carbocycles. The molecule has 0 aromatic rings. The summed E-state index contributed by atoms with van der Waals surface area (Å²) in [5, 5.41) is 34.5. The number of Topliss-reactive ketones (excluding diaryl/α,β-unsaturated/α-hetero) is 1. The van der Waals surface area contributed by atoms with E-state index in [1.807, 2.05) is 0 Å². The Balaban J connectivity index is 4.59. The average molecular weight is 835 g/mol. The number of hydrogen-bond acceptors (Lipinski definition) is 4. The highest BCUT2D eigenvalue weighted by atomic mass is 16.4. The molecule has 0 aromatic heterocycles. The molecule has 0 bridgehead atoms. The molecule has 3 N–H and O–H groups in total. The van der Waals surface area contributed by atoms with Gasteiger partial charge < -0.3 is 15.3 Å². The molecule has 2 atom stereocenters. The molecule has 0 aliphatic rings. The van der Waals surface area contributed by atoms with Crippen molar-refractivity contribution in [3.63, 3.8) is 0 Å². The lowest BCUT2D eigenvalue weighted by atomic mass is 9.72. The highest BCUT2D eigenvalue weighted by Gasteiger charge is 2.52. The number of aliphatic hydroxyl groups excluding tert-OH is 1. The first-order valence-electron chi connectivity index (χ1n) is 27.5. The van der Waals surface area contributed by atoms with Crippen LogP contribution in [0.25, 0.3) is 0 Å². The van der Waals surface area contributed by atoms with Crippen LogP contribution in [-0.2, 0) is 4.79 Å². The van der Waals surface area contributed by atoms with Crippen molar-refractivity contribution in [3.8, 4) is 0 Å². The molecule has 0 rings (SSSR count). The van der Waals surface area contributed by atoms with E-state index in [4.69, 9.17) is 0 Å². The smallest absolute Gasteiger partial charge is 0.167 e. The number of ketones is 1. The molecule has 0 spiro atoms. The topological polar surface area (TPSA) is 77.8 Å². The van der Waals surface area contributed by atoms with Crippen LogP contribution in [0.1, 0.15) is 329 Å². The monoisotopic (exact) mass is 835 g/mol. The minimum absolute atomic E-state index is 0.241. The molecule has 4 heteroatoms. The van der Waals surface area contributed by atoms with Gasteiger partial charge in [-0.05, 0) is 19.3 Å². The van der Waals surface area contributed by atoms with E-state index in [0.717, 1.165) is 57.8 Å². The van der Waals surface area contributed by atoms with Gasteiger partial charge in [-0.3, -0.25) is 4.79 Å². The standard InChI is InChI=1S/C55H110O4/c1-4-7-10-13-16-19-22-25-27-29-32-35-38-41-44-47-50-54(58,52-56)55(59,53(57)49-46-43-40-37-34-31-24-21-18-15-12-9-6-3)51-48-45-42-39-36-33-30-28-26-23-20-17-14-11-8-5-2/h56,58-59H,4-52H2,1-3H3. The largest absolute Gasteiger partial charge is 0.393 e. The number of hydrogen-bond donors (Lipinski definition) is 3. The van der Waals surface area contributed by atoms with E-state index in [2.05, 4.69) is 20.8 Å². The highest BCUT2D eigenvalue weighted by Crippen LogP contribution is 2.35. The van der Waals surface area contributed by atoms with Gasteiger partial charge in [0.25, 0.3) is 0 Å². The van der Waals surface area contributed by atoms with Crippen LogP contribution in [0.5, 0.6) is 0 Å². The Labute approximate surface area is 371 Å². The van der Waals surface area contributed by atoms with Crippen molar-refractivity contribution >= 4 is 5.78 Å². The van der Waals surface area contributed by atoms with Crippen molar-refractivity contribution in [3.05, 3.63) is 0 Å². The second-order valence-electron chi connectivity index (χ2n) is 19.6. The SMILES string of the molecule is CCCCCCCCCCCCCCCCCCC(O)(CO)C(O)(CCCCCCCCCCCCCCCCCC)C(=O)CCCCCCCCCCCCCCC. The summed E-state index contributed by atoms with van der Waals surface area (Å²) in [5.41, 5.74) is -3.61. The Morgan fingerprint density at radius 3 is 0.746 bits per heavy atom. The zero-order chi connectivity index (χ0) is 43.2. The summed E-state index contributed by atoms with van der Waals surface area (Å²) in [5.74, 6) is -0.241. The number of aliphatic hydroxyl groups is 3.